The fourth-order valence-corrected chi connectivity index (χ4v) is 3.24. The standard InChI is InChI=1S/C20H15BrCl2N2O5/c1-2-29-16-8-11(7-13(21)19(16)30-10-17(26)27)6-12(9-24)20(28)25-15-5-3-4-14(22)18(15)23/h3-8H,2,10H2,1H3,(H,25,28)(H,26,27)/b12-6-. The number of hydrogen-bond donors (Lipinski definition) is 2. The Kier molecular flexibility index (Phi) is 8.54. The van der Waals surface area contributed by atoms with Crippen molar-refractivity contribution >= 4 is 62.8 Å². The van der Waals surface area contributed by atoms with Gasteiger partial charge in [0, 0.05) is 0 Å². The number of carboxylic acids is 1. The van der Waals surface area contributed by atoms with E-state index < -0.39 is 18.5 Å². The van der Waals surface area contributed by atoms with E-state index in [0.717, 1.165) is 0 Å². The van der Waals surface area contributed by atoms with Gasteiger partial charge in [-0.15, -0.1) is 0 Å². The number of carbonyl (C=O) groups excluding carboxylic acids is 1. The number of nitrogens with one attached hydrogen (secondary N) is 1. The Hall–Kier alpha value is -2.73. The summed E-state index contributed by atoms with van der Waals surface area (Å²) in [5, 5.41) is 21.2. The smallest absolute Gasteiger partial charge is 0.341 e. The Morgan fingerprint density at radius 3 is 2.67 bits per heavy atom. The SMILES string of the molecule is CCOc1cc(/C=C(/C#N)C(=O)Nc2cccc(Cl)c2Cl)cc(Br)c1OCC(=O)O. The molecular formula is C20H15BrCl2N2O5. The van der Waals surface area contributed by atoms with E-state index in [4.69, 9.17) is 37.8 Å². The topological polar surface area (TPSA) is 109 Å². The zero-order valence-electron chi connectivity index (χ0n) is 15.5. The highest BCUT2D eigenvalue weighted by Gasteiger charge is 2.16. The van der Waals surface area contributed by atoms with Crippen molar-refractivity contribution in [1.29, 1.82) is 5.26 Å². The number of aliphatic carboxylic acids is 1. The molecule has 0 atom stereocenters. The molecule has 2 aromatic rings. The summed E-state index contributed by atoms with van der Waals surface area (Å²) in [6.45, 7) is 1.49. The number of ether oxygens (including phenoxy) is 2. The van der Waals surface area contributed by atoms with E-state index in [1.54, 1.807) is 31.2 Å². The van der Waals surface area contributed by atoms with Gasteiger partial charge in [-0.1, -0.05) is 29.3 Å². The molecule has 156 valence electrons. The van der Waals surface area contributed by atoms with E-state index in [1.807, 2.05) is 6.07 Å². The first kappa shape index (κ1) is 23.5. The van der Waals surface area contributed by atoms with Crippen molar-refractivity contribution in [2.75, 3.05) is 18.5 Å². The molecule has 2 aromatic carbocycles. The van der Waals surface area contributed by atoms with Crippen LogP contribution in [0.3, 0.4) is 0 Å². The van der Waals surface area contributed by atoms with Crippen LogP contribution in [0, 0.1) is 11.3 Å². The van der Waals surface area contributed by atoms with Gasteiger partial charge in [-0.2, -0.15) is 5.26 Å². The minimum Gasteiger partial charge on any atom is -0.490 e. The van der Waals surface area contributed by atoms with Crippen LogP contribution in [-0.2, 0) is 9.59 Å². The summed E-state index contributed by atoms with van der Waals surface area (Å²) >= 11 is 15.3. The molecule has 0 saturated carbocycles. The van der Waals surface area contributed by atoms with Gasteiger partial charge in [-0.25, -0.2) is 4.79 Å². The highest BCUT2D eigenvalue weighted by Crippen LogP contribution is 2.37. The maximum absolute atomic E-state index is 12.5. The van der Waals surface area contributed by atoms with Crippen molar-refractivity contribution in [3.05, 3.63) is 56.0 Å². The summed E-state index contributed by atoms with van der Waals surface area (Å²) in [5.41, 5.74) is 0.528. The Labute approximate surface area is 190 Å². The molecule has 0 bridgehead atoms. The Bertz CT molecular complexity index is 1050. The Morgan fingerprint density at radius 1 is 1.30 bits per heavy atom. The zero-order valence-corrected chi connectivity index (χ0v) is 18.6. The van der Waals surface area contributed by atoms with Gasteiger partial charge in [0.05, 0.1) is 26.8 Å². The van der Waals surface area contributed by atoms with Gasteiger partial charge < -0.3 is 19.9 Å². The first-order valence-electron chi connectivity index (χ1n) is 8.44. The fourth-order valence-electron chi connectivity index (χ4n) is 2.31. The number of benzene rings is 2. The average molecular weight is 514 g/mol. The van der Waals surface area contributed by atoms with Crippen LogP contribution in [0.1, 0.15) is 12.5 Å². The van der Waals surface area contributed by atoms with Crippen molar-refractivity contribution in [2.45, 2.75) is 6.92 Å². The molecular weight excluding hydrogens is 499 g/mol. The van der Waals surface area contributed by atoms with Crippen molar-refractivity contribution in [1.82, 2.24) is 0 Å². The van der Waals surface area contributed by atoms with Crippen molar-refractivity contribution in [3.8, 4) is 17.6 Å². The third-order valence-electron chi connectivity index (χ3n) is 3.55. The van der Waals surface area contributed by atoms with Gasteiger partial charge >= 0.3 is 5.97 Å². The molecule has 0 fully saturated rings. The molecule has 0 aliphatic rings. The second-order valence-corrected chi connectivity index (χ2v) is 7.31. The second-order valence-electron chi connectivity index (χ2n) is 5.67. The summed E-state index contributed by atoms with van der Waals surface area (Å²) in [6.07, 6.45) is 1.35. The highest BCUT2D eigenvalue weighted by molar-refractivity contribution is 9.10. The Balaban J connectivity index is 2.36. The summed E-state index contributed by atoms with van der Waals surface area (Å²) in [6, 6.07) is 9.67. The lowest BCUT2D eigenvalue weighted by molar-refractivity contribution is -0.139. The molecule has 0 aromatic heterocycles. The highest BCUT2D eigenvalue weighted by atomic mass is 79.9. The van der Waals surface area contributed by atoms with Crippen LogP contribution < -0.4 is 14.8 Å². The normalized spacial score (nSPS) is 10.8. The molecule has 0 unspecified atom stereocenters. The molecule has 1 amide bonds. The van der Waals surface area contributed by atoms with E-state index in [-0.39, 0.29) is 32.8 Å². The predicted octanol–water partition coefficient (Wildman–Crippen LogP) is 5.16. The number of anilines is 1. The number of rotatable bonds is 8. The number of nitriles is 1. The van der Waals surface area contributed by atoms with Gasteiger partial charge in [0.25, 0.3) is 5.91 Å². The van der Waals surface area contributed by atoms with Crippen LogP contribution in [0.5, 0.6) is 11.5 Å². The molecule has 2 rings (SSSR count). The van der Waals surface area contributed by atoms with Gasteiger partial charge in [0.2, 0.25) is 0 Å². The largest absolute Gasteiger partial charge is 0.490 e. The van der Waals surface area contributed by atoms with Gasteiger partial charge in [-0.3, -0.25) is 4.79 Å². The number of hydrogen-bond acceptors (Lipinski definition) is 5. The monoisotopic (exact) mass is 512 g/mol. The molecule has 0 radical (unpaired) electrons. The number of halogens is 3. The van der Waals surface area contributed by atoms with E-state index in [2.05, 4.69) is 21.2 Å². The summed E-state index contributed by atoms with van der Waals surface area (Å²) in [5.74, 6) is -1.36. The van der Waals surface area contributed by atoms with E-state index in [1.165, 1.54) is 12.1 Å². The average Bonchev–Trinajstić information content (AvgIpc) is 2.69. The van der Waals surface area contributed by atoms with Crippen LogP contribution in [0.4, 0.5) is 5.69 Å². The van der Waals surface area contributed by atoms with Gasteiger partial charge in [-0.05, 0) is 58.8 Å². The lowest BCUT2D eigenvalue weighted by Gasteiger charge is -2.14. The molecule has 0 aliphatic carbocycles. The van der Waals surface area contributed by atoms with Gasteiger partial charge in [0.15, 0.2) is 18.1 Å². The van der Waals surface area contributed by atoms with Crippen molar-refractivity contribution < 1.29 is 24.2 Å². The van der Waals surface area contributed by atoms with Gasteiger partial charge in [0.1, 0.15) is 11.6 Å². The van der Waals surface area contributed by atoms with Crippen LogP contribution in [0.2, 0.25) is 10.0 Å². The molecule has 7 nitrogen and oxygen atoms in total. The van der Waals surface area contributed by atoms with Crippen LogP contribution in [-0.4, -0.2) is 30.2 Å². The van der Waals surface area contributed by atoms with E-state index >= 15 is 0 Å². The maximum atomic E-state index is 12.5. The number of nitrogens with zero attached hydrogens (tertiary/aromatic N) is 1. The lowest BCUT2D eigenvalue weighted by atomic mass is 10.1. The molecule has 30 heavy (non-hydrogen) atoms. The number of amides is 1. The van der Waals surface area contributed by atoms with Crippen molar-refractivity contribution in [2.24, 2.45) is 0 Å². The third-order valence-corrected chi connectivity index (χ3v) is 4.96. The Morgan fingerprint density at radius 2 is 2.03 bits per heavy atom. The molecule has 0 saturated heterocycles. The summed E-state index contributed by atoms with van der Waals surface area (Å²) in [7, 11) is 0. The van der Waals surface area contributed by atoms with Crippen LogP contribution in [0.25, 0.3) is 6.08 Å². The quantitative estimate of drug-likeness (QED) is 0.372. The fraction of sp³-hybridized carbons (Fsp3) is 0.150. The molecule has 10 heteroatoms. The van der Waals surface area contributed by atoms with Crippen LogP contribution in [0.15, 0.2) is 40.4 Å². The van der Waals surface area contributed by atoms with Crippen molar-refractivity contribution in [3.63, 3.8) is 0 Å². The minimum atomic E-state index is -1.14. The second kappa shape index (κ2) is 10.9. The molecule has 2 N–H and O–H groups in total. The summed E-state index contributed by atoms with van der Waals surface area (Å²) < 4.78 is 11.2. The van der Waals surface area contributed by atoms with E-state index in [9.17, 15) is 14.9 Å². The van der Waals surface area contributed by atoms with Crippen LogP contribution >= 0.6 is 39.1 Å². The minimum absolute atomic E-state index is 0.158. The third kappa shape index (κ3) is 6.13. The first-order valence-corrected chi connectivity index (χ1v) is 9.99. The maximum Gasteiger partial charge on any atom is 0.341 e. The predicted molar refractivity (Wildman–Crippen MR) is 117 cm³/mol. The van der Waals surface area contributed by atoms with E-state index in [0.29, 0.717) is 16.6 Å². The zero-order chi connectivity index (χ0) is 22.3. The summed E-state index contributed by atoms with van der Waals surface area (Å²) in [4.78, 5) is 23.3. The number of carbonyl (C=O) groups is 2. The molecule has 0 aliphatic heterocycles. The molecule has 0 spiro atoms. The number of carboxylic acid groups (broad SMARTS) is 1. The molecule has 0 heterocycles. The lowest BCUT2D eigenvalue weighted by Crippen LogP contribution is -2.14. The first-order chi connectivity index (χ1) is 14.3.